The van der Waals surface area contributed by atoms with Crippen LogP contribution in [0.25, 0.3) is 0 Å². The van der Waals surface area contributed by atoms with Crippen molar-refractivity contribution in [3.8, 4) is 5.88 Å². The molecule has 1 aromatic heterocycles. The van der Waals surface area contributed by atoms with Crippen molar-refractivity contribution in [3.63, 3.8) is 0 Å². The molecule has 0 saturated heterocycles. The van der Waals surface area contributed by atoms with Gasteiger partial charge >= 0.3 is 0 Å². The van der Waals surface area contributed by atoms with Crippen LogP contribution in [0.3, 0.4) is 0 Å². The number of nitrogens with one attached hydrogen (secondary N) is 1. The van der Waals surface area contributed by atoms with Gasteiger partial charge in [-0.25, -0.2) is 9.97 Å². The molecule has 0 saturated carbocycles. The molecule has 1 rings (SSSR count). The van der Waals surface area contributed by atoms with Crippen molar-refractivity contribution in [2.24, 2.45) is 5.73 Å². The van der Waals surface area contributed by atoms with Crippen LogP contribution in [0.2, 0.25) is 0 Å². The van der Waals surface area contributed by atoms with Gasteiger partial charge in [-0.3, -0.25) is 0 Å². The second-order valence-electron chi connectivity index (χ2n) is 4.06. The molecule has 0 radical (unpaired) electrons. The number of nitrogens with zero attached hydrogens (tertiary/aromatic N) is 2. The largest absolute Gasteiger partial charge is 0.478 e. The van der Waals surface area contributed by atoms with Gasteiger partial charge < -0.3 is 15.8 Å². The predicted molar refractivity (Wildman–Crippen MR) is 69.3 cm³/mol. The van der Waals surface area contributed by atoms with Crippen LogP contribution in [-0.4, -0.2) is 29.2 Å². The van der Waals surface area contributed by atoms with Gasteiger partial charge in [0.1, 0.15) is 12.1 Å². The number of anilines is 1. The fourth-order valence-electron chi connectivity index (χ4n) is 1.59. The summed E-state index contributed by atoms with van der Waals surface area (Å²) in [5.41, 5.74) is 6.44. The molecule has 1 unspecified atom stereocenters. The molecular formula is C12H22N4O. The maximum atomic E-state index is 5.49. The third-order valence-corrected chi connectivity index (χ3v) is 2.54. The Balaban J connectivity index is 2.67. The van der Waals surface area contributed by atoms with Gasteiger partial charge in [-0.2, -0.15) is 0 Å². The highest BCUT2D eigenvalue weighted by Crippen LogP contribution is 2.21. The third kappa shape index (κ3) is 4.19. The Kier molecular flexibility index (Phi) is 5.69. The van der Waals surface area contributed by atoms with E-state index in [-0.39, 0.29) is 0 Å². The van der Waals surface area contributed by atoms with Crippen LogP contribution in [-0.2, 0) is 0 Å². The molecule has 1 aromatic rings. The van der Waals surface area contributed by atoms with Crippen LogP contribution in [0.5, 0.6) is 5.88 Å². The summed E-state index contributed by atoms with van der Waals surface area (Å²) < 4.78 is 5.43. The number of aromatic nitrogens is 2. The minimum atomic E-state index is 0.349. The molecule has 0 bridgehead atoms. The minimum Gasteiger partial charge on any atom is -0.478 e. The fourth-order valence-corrected chi connectivity index (χ4v) is 1.59. The lowest BCUT2D eigenvalue weighted by Crippen LogP contribution is -2.18. The summed E-state index contributed by atoms with van der Waals surface area (Å²) in [5.74, 6) is 1.49. The zero-order chi connectivity index (χ0) is 12.7. The molecule has 96 valence electrons. The molecule has 0 spiro atoms. The Labute approximate surface area is 103 Å². The van der Waals surface area contributed by atoms with Crippen molar-refractivity contribution >= 4 is 5.82 Å². The minimum absolute atomic E-state index is 0.349. The van der Waals surface area contributed by atoms with E-state index in [4.69, 9.17) is 10.5 Å². The van der Waals surface area contributed by atoms with Gasteiger partial charge in [0.2, 0.25) is 5.88 Å². The van der Waals surface area contributed by atoms with E-state index in [1.165, 1.54) is 6.33 Å². The number of hydrogen-bond donors (Lipinski definition) is 2. The summed E-state index contributed by atoms with van der Waals surface area (Å²) in [6, 6.07) is 0.349. The van der Waals surface area contributed by atoms with Crippen LogP contribution < -0.4 is 15.8 Å². The second kappa shape index (κ2) is 7.06. The summed E-state index contributed by atoms with van der Waals surface area (Å²) in [5, 5.41) is 3.36. The van der Waals surface area contributed by atoms with Gasteiger partial charge in [0.15, 0.2) is 0 Å². The molecule has 5 heteroatoms. The van der Waals surface area contributed by atoms with Gasteiger partial charge in [0, 0.05) is 6.04 Å². The third-order valence-electron chi connectivity index (χ3n) is 2.54. The van der Waals surface area contributed by atoms with E-state index >= 15 is 0 Å². The maximum Gasteiger partial charge on any atom is 0.221 e. The number of hydrogen-bond acceptors (Lipinski definition) is 5. The topological polar surface area (TPSA) is 73.1 Å². The molecule has 5 nitrogen and oxygen atoms in total. The molecule has 0 amide bonds. The standard InChI is InChI=1S/C12H22N4O/c1-4-17-12-10(3)11(14-8-15-12)16-9(2)6-5-7-13/h8-9H,4-7,13H2,1-3H3,(H,14,15,16). The first kappa shape index (κ1) is 13.7. The van der Waals surface area contributed by atoms with Crippen molar-refractivity contribution in [2.45, 2.75) is 39.7 Å². The smallest absolute Gasteiger partial charge is 0.221 e. The SMILES string of the molecule is CCOc1ncnc(NC(C)CCCN)c1C. The molecule has 0 fully saturated rings. The van der Waals surface area contributed by atoms with E-state index in [0.717, 1.165) is 30.8 Å². The van der Waals surface area contributed by atoms with E-state index in [1.807, 2.05) is 13.8 Å². The summed E-state index contributed by atoms with van der Waals surface area (Å²) in [6.45, 7) is 7.36. The summed E-state index contributed by atoms with van der Waals surface area (Å²) >= 11 is 0. The molecule has 0 aromatic carbocycles. The van der Waals surface area contributed by atoms with Gasteiger partial charge in [-0.05, 0) is 40.2 Å². The highest BCUT2D eigenvalue weighted by atomic mass is 16.5. The molecule has 0 aliphatic heterocycles. The van der Waals surface area contributed by atoms with Crippen LogP contribution in [0.1, 0.15) is 32.3 Å². The lowest BCUT2D eigenvalue weighted by atomic mass is 10.2. The highest BCUT2D eigenvalue weighted by Gasteiger charge is 2.09. The average Bonchev–Trinajstić information content (AvgIpc) is 2.32. The quantitative estimate of drug-likeness (QED) is 0.756. The fraction of sp³-hybridized carbons (Fsp3) is 0.667. The Morgan fingerprint density at radius 3 is 2.88 bits per heavy atom. The van der Waals surface area contributed by atoms with Gasteiger partial charge in [-0.1, -0.05) is 0 Å². The summed E-state index contributed by atoms with van der Waals surface area (Å²) in [7, 11) is 0. The van der Waals surface area contributed by atoms with Gasteiger partial charge in [0.25, 0.3) is 0 Å². The number of rotatable bonds is 7. The van der Waals surface area contributed by atoms with Crippen molar-refractivity contribution in [1.29, 1.82) is 0 Å². The number of ether oxygens (including phenoxy) is 1. The Bertz CT molecular complexity index is 343. The normalized spacial score (nSPS) is 12.2. The molecular weight excluding hydrogens is 216 g/mol. The lowest BCUT2D eigenvalue weighted by Gasteiger charge is -2.16. The van der Waals surface area contributed by atoms with Crippen LogP contribution in [0.4, 0.5) is 5.82 Å². The van der Waals surface area contributed by atoms with Crippen LogP contribution in [0.15, 0.2) is 6.33 Å². The van der Waals surface area contributed by atoms with E-state index in [2.05, 4.69) is 22.2 Å². The molecule has 0 aliphatic rings. The van der Waals surface area contributed by atoms with Crippen molar-refractivity contribution in [2.75, 3.05) is 18.5 Å². The van der Waals surface area contributed by atoms with E-state index in [1.54, 1.807) is 0 Å². The monoisotopic (exact) mass is 238 g/mol. The van der Waals surface area contributed by atoms with E-state index in [9.17, 15) is 0 Å². The van der Waals surface area contributed by atoms with Crippen LogP contribution >= 0.6 is 0 Å². The second-order valence-corrected chi connectivity index (χ2v) is 4.06. The Morgan fingerprint density at radius 2 is 2.24 bits per heavy atom. The predicted octanol–water partition coefficient (Wildman–Crippen LogP) is 1.72. The first-order chi connectivity index (χ1) is 8.19. The van der Waals surface area contributed by atoms with Gasteiger partial charge in [0.05, 0.1) is 12.2 Å². The molecule has 17 heavy (non-hydrogen) atoms. The van der Waals surface area contributed by atoms with Gasteiger partial charge in [-0.15, -0.1) is 0 Å². The molecule has 0 aliphatic carbocycles. The lowest BCUT2D eigenvalue weighted by molar-refractivity contribution is 0.324. The van der Waals surface area contributed by atoms with Crippen LogP contribution in [0, 0.1) is 6.92 Å². The van der Waals surface area contributed by atoms with Crippen molar-refractivity contribution in [3.05, 3.63) is 11.9 Å². The maximum absolute atomic E-state index is 5.49. The summed E-state index contributed by atoms with van der Waals surface area (Å²) in [4.78, 5) is 8.34. The first-order valence-electron chi connectivity index (χ1n) is 6.10. The Hall–Kier alpha value is -1.36. The summed E-state index contributed by atoms with van der Waals surface area (Å²) in [6.07, 6.45) is 3.57. The highest BCUT2D eigenvalue weighted by molar-refractivity contribution is 5.48. The zero-order valence-electron chi connectivity index (χ0n) is 10.9. The van der Waals surface area contributed by atoms with E-state index < -0.39 is 0 Å². The van der Waals surface area contributed by atoms with Crippen molar-refractivity contribution in [1.82, 2.24) is 9.97 Å². The molecule has 1 atom stereocenters. The number of nitrogens with two attached hydrogens (primary N) is 1. The molecule has 1 heterocycles. The first-order valence-corrected chi connectivity index (χ1v) is 6.10. The Morgan fingerprint density at radius 1 is 1.47 bits per heavy atom. The average molecular weight is 238 g/mol. The van der Waals surface area contributed by atoms with E-state index in [0.29, 0.717) is 18.5 Å². The van der Waals surface area contributed by atoms with Crippen molar-refractivity contribution < 1.29 is 4.74 Å². The molecule has 3 N–H and O–H groups in total. The zero-order valence-corrected chi connectivity index (χ0v) is 10.9.